The van der Waals surface area contributed by atoms with Crippen LogP contribution in [-0.2, 0) is 4.94 Å². The first-order chi connectivity index (χ1) is 10.5. The zero-order valence-electron chi connectivity index (χ0n) is 10.4. The van der Waals surface area contributed by atoms with Crippen LogP contribution in [0, 0.1) is 11.6 Å². The van der Waals surface area contributed by atoms with Gasteiger partial charge in [0.05, 0.1) is 16.5 Å². The molecular formula is C13H4F3NO4S. The molecule has 0 atom stereocenters. The number of rotatable bonds is 2. The van der Waals surface area contributed by atoms with E-state index in [0.717, 1.165) is 15.7 Å². The minimum Gasteiger partial charge on any atom is -0.305 e. The lowest BCUT2D eigenvalue weighted by Gasteiger charge is -2.08. The summed E-state index contributed by atoms with van der Waals surface area (Å²) in [5, 5.41) is 0.997. The standard InChI is InChI=1S/C13H4F3NO4S/c14-7-3-5-10(6(4-18)9(7)15)17-1-2-22-12(17)8(11(5)19)13(20)21-16/h1-4H. The summed E-state index contributed by atoms with van der Waals surface area (Å²) in [6.07, 6.45) is 1.40. The number of hydrogen-bond acceptors (Lipinski definition) is 5. The first-order valence-electron chi connectivity index (χ1n) is 5.72. The average Bonchev–Trinajstić information content (AvgIpc) is 2.98. The van der Waals surface area contributed by atoms with Gasteiger partial charge in [-0.3, -0.25) is 9.59 Å². The number of fused-ring (bicyclic) bond motifs is 3. The molecule has 0 fully saturated rings. The first-order valence-corrected chi connectivity index (χ1v) is 6.60. The second-order valence-electron chi connectivity index (χ2n) is 4.25. The van der Waals surface area contributed by atoms with Gasteiger partial charge in [0.1, 0.15) is 10.4 Å². The molecule has 0 saturated carbocycles. The van der Waals surface area contributed by atoms with Gasteiger partial charge in [0.15, 0.2) is 17.9 Å². The van der Waals surface area contributed by atoms with Crippen molar-refractivity contribution in [2.75, 3.05) is 0 Å². The van der Waals surface area contributed by atoms with Gasteiger partial charge in [-0.1, -0.05) is 0 Å². The summed E-state index contributed by atoms with van der Waals surface area (Å²) in [7, 11) is 0. The highest BCUT2D eigenvalue weighted by molar-refractivity contribution is 7.16. The Morgan fingerprint density at radius 3 is 2.73 bits per heavy atom. The molecule has 0 spiro atoms. The fraction of sp³-hybridized carbons (Fsp3) is 0. The van der Waals surface area contributed by atoms with E-state index in [0.29, 0.717) is 6.07 Å². The molecule has 3 aromatic rings. The molecule has 0 aliphatic carbocycles. The van der Waals surface area contributed by atoms with E-state index in [9.17, 15) is 27.7 Å². The molecule has 9 heteroatoms. The van der Waals surface area contributed by atoms with Crippen LogP contribution in [-0.4, -0.2) is 16.7 Å². The Morgan fingerprint density at radius 2 is 2.09 bits per heavy atom. The molecule has 0 radical (unpaired) electrons. The van der Waals surface area contributed by atoms with Gasteiger partial charge in [-0.25, -0.2) is 18.5 Å². The summed E-state index contributed by atoms with van der Waals surface area (Å²) in [4.78, 5) is 37.8. The number of benzene rings is 1. The SMILES string of the molecule is O=Cc1c(F)c(F)cc2c(=O)c(C(=O)OF)c3sccn3c12. The molecule has 0 N–H and O–H groups in total. The van der Waals surface area contributed by atoms with E-state index in [2.05, 4.69) is 4.94 Å². The number of halogens is 3. The van der Waals surface area contributed by atoms with Crippen LogP contribution in [0.4, 0.5) is 13.3 Å². The lowest BCUT2D eigenvalue weighted by Crippen LogP contribution is -2.19. The number of nitrogens with zero attached hydrogens (tertiary/aromatic N) is 1. The van der Waals surface area contributed by atoms with Crippen molar-refractivity contribution in [1.82, 2.24) is 4.40 Å². The van der Waals surface area contributed by atoms with Crippen LogP contribution in [0.25, 0.3) is 15.7 Å². The highest BCUT2D eigenvalue weighted by atomic mass is 32.1. The van der Waals surface area contributed by atoms with E-state index < -0.39 is 39.5 Å². The van der Waals surface area contributed by atoms with Crippen molar-refractivity contribution in [2.45, 2.75) is 0 Å². The van der Waals surface area contributed by atoms with Crippen LogP contribution in [0.15, 0.2) is 22.4 Å². The smallest absolute Gasteiger partial charge is 0.305 e. The number of carbonyl (C=O) groups excluding carboxylic acids is 2. The molecule has 1 aromatic carbocycles. The molecule has 0 amide bonds. The Labute approximate surface area is 123 Å². The molecule has 5 nitrogen and oxygen atoms in total. The minimum absolute atomic E-state index is 0.0470. The van der Waals surface area contributed by atoms with Gasteiger partial charge in [0.25, 0.3) is 0 Å². The Morgan fingerprint density at radius 1 is 1.36 bits per heavy atom. The highest BCUT2D eigenvalue weighted by Gasteiger charge is 2.25. The average molecular weight is 327 g/mol. The van der Waals surface area contributed by atoms with Gasteiger partial charge in [-0.15, -0.1) is 11.3 Å². The second-order valence-corrected chi connectivity index (χ2v) is 5.14. The molecule has 22 heavy (non-hydrogen) atoms. The van der Waals surface area contributed by atoms with Crippen molar-refractivity contribution in [1.29, 1.82) is 0 Å². The monoisotopic (exact) mass is 327 g/mol. The van der Waals surface area contributed by atoms with Gasteiger partial charge < -0.3 is 4.40 Å². The van der Waals surface area contributed by atoms with E-state index in [1.54, 1.807) is 0 Å². The molecule has 0 saturated heterocycles. The van der Waals surface area contributed by atoms with Crippen LogP contribution in [0.5, 0.6) is 0 Å². The van der Waals surface area contributed by atoms with Gasteiger partial charge in [0, 0.05) is 16.1 Å². The molecule has 3 rings (SSSR count). The Balaban J connectivity index is 2.69. The van der Waals surface area contributed by atoms with Crippen molar-refractivity contribution >= 4 is 39.3 Å². The minimum atomic E-state index is -1.55. The third-order valence-corrected chi connectivity index (χ3v) is 4.04. The number of aromatic nitrogens is 1. The number of pyridine rings is 1. The fourth-order valence-electron chi connectivity index (χ4n) is 2.26. The van der Waals surface area contributed by atoms with Crippen LogP contribution in [0.1, 0.15) is 20.7 Å². The van der Waals surface area contributed by atoms with Crippen molar-refractivity contribution in [3.05, 3.63) is 50.6 Å². The first kappa shape index (κ1) is 14.3. The largest absolute Gasteiger partial charge is 0.386 e. The predicted octanol–water partition coefficient (Wildman–Crippen LogP) is 2.65. The fourth-order valence-corrected chi connectivity index (χ4v) is 3.13. The molecule has 2 heterocycles. The summed E-state index contributed by atoms with van der Waals surface area (Å²) in [5.41, 5.74) is -2.58. The molecular weight excluding hydrogens is 323 g/mol. The van der Waals surface area contributed by atoms with E-state index in [4.69, 9.17) is 0 Å². The van der Waals surface area contributed by atoms with Crippen LogP contribution in [0.2, 0.25) is 0 Å². The second kappa shape index (κ2) is 4.95. The third kappa shape index (κ3) is 1.75. The molecule has 2 aromatic heterocycles. The topological polar surface area (TPSA) is 64.8 Å². The van der Waals surface area contributed by atoms with Crippen LogP contribution in [0.3, 0.4) is 0 Å². The summed E-state index contributed by atoms with van der Waals surface area (Å²) in [6.45, 7) is 0. The Hall–Kier alpha value is -2.68. The normalized spacial score (nSPS) is 11.0. The molecule has 112 valence electrons. The summed E-state index contributed by atoms with van der Waals surface area (Å²) >= 11 is 0.879. The lowest BCUT2D eigenvalue weighted by atomic mass is 10.1. The summed E-state index contributed by atoms with van der Waals surface area (Å²) < 4.78 is 40.6. The number of hydrogen-bond donors (Lipinski definition) is 0. The van der Waals surface area contributed by atoms with Crippen molar-refractivity contribution < 1.29 is 27.8 Å². The van der Waals surface area contributed by atoms with Crippen LogP contribution < -0.4 is 5.43 Å². The molecule has 0 aliphatic heterocycles. The molecule has 0 aliphatic rings. The molecule has 0 bridgehead atoms. The van der Waals surface area contributed by atoms with E-state index in [1.807, 2.05) is 0 Å². The van der Waals surface area contributed by atoms with Crippen molar-refractivity contribution in [3.8, 4) is 0 Å². The van der Waals surface area contributed by atoms with Gasteiger partial charge >= 0.3 is 5.97 Å². The van der Waals surface area contributed by atoms with Crippen molar-refractivity contribution in [2.24, 2.45) is 0 Å². The number of aldehydes is 1. The van der Waals surface area contributed by atoms with E-state index >= 15 is 0 Å². The zero-order valence-corrected chi connectivity index (χ0v) is 11.2. The lowest BCUT2D eigenvalue weighted by molar-refractivity contribution is -0.0787. The van der Waals surface area contributed by atoms with Crippen LogP contribution >= 0.6 is 11.3 Å². The predicted molar refractivity (Wildman–Crippen MR) is 70.9 cm³/mol. The van der Waals surface area contributed by atoms with Gasteiger partial charge in [-0.05, 0) is 6.07 Å². The maximum absolute atomic E-state index is 13.8. The maximum atomic E-state index is 13.8. The Bertz CT molecular complexity index is 1010. The van der Waals surface area contributed by atoms with Gasteiger partial charge in [-0.2, -0.15) is 0 Å². The van der Waals surface area contributed by atoms with E-state index in [1.165, 1.54) is 11.6 Å². The number of thiazole rings is 1. The maximum Gasteiger partial charge on any atom is 0.386 e. The Kier molecular flexibility index (Phi) is 3.21. The summed E-state index contributed by atoms with van der Waals surface area (Å²) in [6, 6.07) is 0.555. The van der Waals surface area contributed by atoms with Crippen molar-refractivity contribution in [3.63, 3.8) is 0 Å². The number of carbonyl (C=O) groups is 2. The highest BCUT2D eigenvalue weighted by Crippen LogP contribution is 2.26. The quantitative estimate of drug-likeness (QED) is 0.679. The third-order valence-electron chi connectivity index (χ3n) is 3.15. The van der Waals surface area contributed by atoms with Gasteiger partial charge in [0.2, 0.25) is 5.43 Å². The van der Waals surface area contributed by atoms with E-state index in [-0.39, 0.29) is 16.6 Å². The summed E-state index contributed by atoms with van der Waals surface area (Å²) in [5.74, 6) is -4.40. The zero-order chi connectivity index (χ0) is 16.0. The molecule has 0 unspecified atom stereocenters.